The molecule has 2 unspecified atom stereocenters. The molecule has 15 heavy (non-hydrogen) atoms. The summed E-state index contributed by atoms with van der Waals surface area (Å²) in [6.45, 7) is 3.56. The summed E-state index contributed by atoms with van der Waals surface area (Å²) in [6.07, 6.45) is 5.56. The quantitative estimate of drug-likeness (QED) is 0.657. The highest BCUT2D eigenvalue weighted by atomic mass is 16.2. The van der Waals surface area contributed by atoms with Crippen molar-refractivity contribution in [3.05, 3.63) is 0 Å². The summed E-state index contributed by atoms with van der Waals surface area (Å²) < 4.78 is 0. The number of carbonyl (C=O) groups is 1. The third kappa shape index (κ3) is 5.02. The molecule has 88 valence electrons. The number of amides is 2. The van der Waals surface area contributed by atoms with Crippen LogP contribution in [0.4, 0.5) is 4.79 Å². The molecule has 0 radical (unpaired) electrons. The van der Waals surface area contributed by atoms with Crippen molar-refractivity contribution in [3.63, 3.8) is 0 Å². The molecule has 2 amide bonds. The normalized spacial score (nSPS) is 26.0. The van der Waals surface area contributed by atoms with Crippen LogP contribution in [-0.4, -0.2) is 25.2 Å². The van der Waals surface area contributed by atoms with Crippen LogP contribution in [0.15, 0.2) is 0 Å². The standard InChI is InChI=1S/C11H23N3O/c1-2-6-13-11(15)14-8-9-4-3-5-10(12)7-9/h9-10H,2-8,12H2,1H3,(H2,13,14,15). The average Bonchev–Trinajstić information content (AvgIpc) is 2.23. The van der Waals surface area contributed by atoms with Crippen LogP contribution in [0.25, 0.3) is 0 Å². The van der Waals surface area contributed by atoms with Gasteiger partial charge in [-0.25, -0.2) is 4.79 Å². The lowest BCUT2D eigenvalue weighted by Crippen LogP contribution is -2.40. The van der Waals surface area contributed by atoms with E-state index >= 15 is 0 Å². The van der Waals surface area contributed by atoms with Gasteiger partial charge in [-0.2, -0.15) is 0 Å². The fourth-order valence-corrected chi connectivity index (χ4v) is 2.06. The Bertz CT molecular complexity index is 196. The Morgan fingerprint density at radius 2 is 2.20 bits per heavy atom. The first-order chi connectivity index (χ1) is 7.22. The van der Waals surface area contributed by atoms with Gasteiger partial charge in [0.15, 0.2) is 0 Å². The van der Waals surface area contributed by atoms with Gasteiger partial charge in [-0.15, -0.1) is 0 Å². The van der Waals surface area contributed by atoms with Crippen molar-refractivity contribution in [2.24, 2.45) is 11.7 Å². The second kappa shape index (κ2) is 6.67. The highest BCUT2D eigenvalue weighted by Crippen LogP contribution is 2.22. The van der Waals surface area contributed by atoms with Crippen molar-refractivity contribution in [1.82, 2.24) is 10.6 Å². The van der Waals surface area contributed by atoms with Gasteiger partial charge in [0, 0.05) is 19.1 Å². The molecule has 0 aromatic carbocycles. The highest BCUT2D eigenvalue weighted by molar-refractivity contribution is 5.73. The lowest BCUT2D eigenvalue weighted by Gasteiger charge is -2.26. The summed E-state index contributed by atoms with van der Waals surface area (Å²) in [5.41, 5.74) is 5.88. The van der Waals surface area contributed by atoms with Gasteiger partial charge in [-0.05, 0) is 31.6 Å². The Morgan fingerprint density at radius 3 is 2.87 bits per heavy atom. The first-order valence-electron chi connectivity index (χ1n) is 5.99. The van der Waals surface area contributed by atoms with E-state index < -0.39 is 0 Å². The van der Waals surface area contributed by atoms with Crippen molar-refractivity contribution in [2.45, 2.75) is 45.1 Å². The third-order valence-electron chi connectivity index (χ3n) is 2.91. The first kappa shape index (κ1) is 12.3. The summed E-state index contributed by atoms with van der Waals surface area (Å²) in [5, 5.41) is 5.70. The molecule has 1 saturated carbocycles. The number of hydrogen-bond donors (Lipinski definition) is 3. The lowest BCUT2D eigenvalue weighted by atomic mass is 9.86. The molecule has 1 rings (SSSR count). The largest absolute Gasteiger partial charge is 0.338 e. The lowest BCUT2D eigenvalue weighted by molar-refractivity contribution is 0.235. The predicted octanol–water partition coefficient (Wildman–Crippen LogP) is 1.21. The van der Waals surface area contributed by atoms with E-state index in [4.69, 9.17) is 5.73 Å². The fraction of sp³-hybridized carbons (Fsp3) is 0.909. The zero-order chi connectivity index (χ0) is 11.1. The van der Waals surface area contributed by atoms with E-state index in [-0.39, 0.29) is 6.03 Å². The summed E-state index contributed by atoms with van der Waals surface area (Å²) >= 11 is 0. The summed E-state index contributed by atoms with van der Waals surface area (Å²) in [4.78, 5) is 11.3. The number of nitrogens with two attached hydrogens (primary N) is 1. The van der Waals surface area contributed by atoms with Crippen molar-refractivity contribution in [2.75, 3.05) is 13.1 Å². The molecule has 2 atom stereocenters. The SMILES string of the molecule is CCCNC(=O)NCC1CCCC(N)C1. The Balaban J connectivity index is 2.10. The third-order valence-corrected chi connectivity index (χ3v) is 2.91. The molecule has 4 heteroatoms. The van der Waals surface area contributed by atoms with Gasteiger partial charge in [-0.3, -0.25) is 0 Å². The van der Waals surface area contributed by atoms with E-state index in [0.717, 1.165) is 32.4 Å². The van der Waals surface area contributed by atoms with Crippen molar-refractivity contribution < 1.29 is 4.79 Å². The van der Waals surface area contributed by atoms with Gasteiger partial charge in [0.1, 0.15) is 0 Å². The van der Waals surface area contributed by atoms with Gasteiger partial charge in [0.2, 0.25) is 0 Å². The van der Waals surface area contributed by atoms with Gasteiger partial charge in [0.25, 0.3) is 0 Å². The first-order valence-corrected chi connectivity index (χ1v) is 5.99. The number of nitrogens with one attached hydrogen (secondary N) is 2. The molecule has 1 aliphatic rings. The van der Waals surface area contributed by atoms with Crippen molar-refractivity contribution in [1.29, 1.82) is 0 Å². The number of urea groups is 1. The molecular formula is C11H23N3O. The highest BCUT2D eigenvalue weighted by Gasteiger charge is 2.19. The Kier molecular flexibility index (Phi) is 5.47. The second-order valence-corrected chi connectivity index (χ2v) is 4.43. The smallest absolute Gasteiger partial charge is 0.314 e. The molecule has 0 heterocycles. The number of carbonyl (C=O) groups excluding carboxylic acids is 1. The van der Waals surface area contributed by atoms with E-state index in [1.54, 1.807) is 0 Å². The van der Waals surface area contributed by atoms with Crippen LogP contribution in [0.1, 0.15) is 39.0 Å². The maximum Gasteiger partial charge on any atom is 0.314 e. The van der Waals surface area contributed by atoms with E-state index in [1.165, 1.54) is 12.8 Å². The molecule has 1 aliphatic carbocycles. The predicted molar refractivity (Wildman–Crippen MR) is 61.6 cm³/mol. The monoisotopic (exact) mass is 213 g/mol. The Morgan fingerprint density at radius 1 is 1.40 bits per heavy atom. The van der Waals surface area contributed by atoms with Crippen LogP contribution in [0.5, 0.6) is 0 Å². The van der Waals surface area contributed by atoms with Crippen LogP contribution < -0.4 is 16.4 Å². The summed E-state index contributed by atoms with van der Waals surface area (Å²) in [6, 6.07) is 0.292. The van der Waals surface area contributed by atoms with Gasteiger partial charge >= 0.3 is 6.03 Å². The molecule has 4 nitrogen and oxygen atoms in total. The fourth-order valence-electron chi connectivity index (χ4n) is 2.06. The van der Waals surface area contributed by atoms with Gasteiger partial charge in [-0.1, -0.05) is 13.3 Å². The van der Waals surface area contributed by atoms with Gasteiger partial charge < -0.3 is 16.4 Å². The molecular weight excluding hydrogens is 190 g/mol. The molecule has 4 N–H and O–H groups in total. The van der Waals surface area contributed by atoms with E-state index in [1.807, 2.05) is 6.92 Å². The van der Waals surface area contributed by atoms with Gasteiger partial charge in [0.05, 0.1) is 0 Å². The average molecular weight is 213 g/mol. The summed E-state index contributed by atoms with van der Waals surface area (Å²) in [5.74, 6) is 0.570. The zero-order valence-corrected chi connectivity index (χ0v) is 9.59. The minimum absolute atomic E-state index is 0.0454. The molecule has 0 aromatic heterocycles. The van der Waals surface area contributed by atoms with Crippen LogP contribution in [0, 0.1) is 5.92 Å². The van der Waals surface area contributed by atoms with Crippen molar-refractivity contribution >= 4 is 6.03 Å². The van der Waals surface area contributed by atoms with Crippen LogP contribution in [-0.2, 0) is 0 Å². The Hall–Kier alpha value is -0.770. The molecule has 0 aromatic rings. The van der Waals surface area contributed by atoms with E-state index in [9.17, 15) is 4.79 Å². The Labute approximate surface area is 92.0 Å². The maximum atomic E-state index is 11.3. The van der Waals surface area contributed by atoms with Crippen LogP contribution in [0.3, 0.4) is 0 Å². The molecule has 0 bridgehead atoms. The van der Waals surface area contributed by atoms with Crippen LogP contribution >= 0.6 is 0 Å². The van der Waals surface area contributed by atoms with Crippen molar-refractivity contribution in [3.8, 4) is 0 Å². The molecule has 0 spiro atoms. The van der Waals surface area contributed by atoms with E-state index in [2.05, 4.69) is 10.6 Å². The second-order valence-electron chi connectivity index (χ2n) is 4.43. The molecule has 0 saturated heterocycles. The minimum Gasteiger partial charge on any atom is -0.338 e. The number of hydrogen-bond acceptors (Lipinski definition) is 2. The number of rotatable bonds is 4. The minimum atomic E-state index is -0.0454. The molecule has 0 aliphatic heterocycles. The zero-order valence-electron chi connectivity index (χ0n) is 9.59. The topological polar surface area (TPSA) is 67.2 Å². The van der Waals surface area contributed by atoms with Crippen LogP contribution in [0.2, 0.25) is 0 Å². The summed E-state index contributed by atoms with van der Waals surface area (Å²) in [7, 11) is 0. The molecule has 1 fully saturated rings. The van der Waals surface area contributed by atoms with E-state index in [0.29, 0.717) is 12.0 Å². The maximum absolute atomic E-state index is 11.3.